The lowest BCUT2D eigenvalue weighted by molar-refractivity contribution is 0.157. The maximum Gasteiger partial charge on any atom is 0.0807 e. The number of hydrogen-bond donors (Lipinski definition) is 1. The summed E-state index contributed by atoms with van der Waals surface area (Å²) in [5.74, 6) is 0. The predicted molar refractivity (Wildman–Crippen MR) is 65.8 cm³/mol. The predicted octanol–water partition coefficient (Wildman–Crippen LogP) is 2.97. The molecule has 0 aliphatic heterocycles. The van der Waals surface area contributed by atoms with E-state index >= 15 is 0 Å². The highest BCUT2D eigenvalue weighted by Crippen LogP contribution is 2.30. The zero-order chi connectivity index (χ0) is 11.0. The van der Waals surface area contributed by atoms with Gasteiger partial charge in [-0.15, -0.1) is 0 Å². The topological polar surface area (TPSA) is 25.2 Å². The van der Waals surface area contributed by atoms with Crippen LogP contribution in [0, 0.1) is 0 Å². The van der Waals surface area contributed by atoms with Crippen LogP contribution in [-0.4, -0.2) is 9.67 Å². The summed E-state index contributed by atoms with van der Waals surface area (Å²) >= 11 is 1.73. The first-order valence-corrected chi connectivity index (χ1v) is 6.65. The van der Waals surface area contributed by atoms with Crippen molar-refractivity contribution in [1.29, 1.82) is 0 Å². The molecule has 1 aliphatic carbocycles. The lowest BCUT2D eigenvalue weighted by Gasteiger charge is -2.16. The van der Waals surface area contributed by atoms with Crippen LogP contribution in [0.25, 0.3) is 0 Å². The summed E-state index contributed by atoms with van der Waals surface area (Å²) in [5.41, 5.74) is 3.81. The largest absolute Gasteiger partial charge is 0.388 e. The van der Waals surface area contributed by atoms with E-state index in [1.807, 2.05) is 0 Å². The van der Waals surface area contributed by atoms with Gasteiger partial charge in [0.25, 0.3) is 0 Å². The van der Waals surface area contributed by atoms with Crippen molar-refractivity contribution in [3.8, 4) is 0 Å². The monoisotopic (exact) mass is 233 g/mol. The lowest BCUT2D eigenvalue weighted by Crippen LogP contribution is -2.05. The van der Waals surface area contributed by atoms with E-state index in [1.54, 1.807) is 11.3 Å². The Bertz CT molecular complexity index is 472. The zero-order valence-electron chi connectivity index (χ0n) is 9.10. The van der Waals surface area contributed by atoms with Crippen LogP contribution in [0.2, 0.25) is 0 Å². The van der Waals surface area contributed by atoms with Crippen molar-refractivity contribution in [2.24, 2.45) is 0 Å². The van der Waals surface area contributed by atoms with Crippen LogP contribution in [0.5, 0.6) is 0 Å². The van der Waals surface area contributed by atoms with Gasteiger partial charge in [0.15, 0.2) is 0 Å². The van der Waals surface area contributed by atoms with Crippen molar-refractivity contribution in [2.45, 2.75) is 31.9 Å². The highest BCUT2D eigenvalue weighted by atomic mass is 32.1. The Labute approximate surface area is 99.2 Å². The Morgan fingerprint density at radius 1 is 1.44 bits per heavy atom. The minimum absolute atomic E-state index is 0.243. The first-order chi connectivity index (χ1) is 7.83. The Balaban J connectivity index is 1.87. The molecule has 2 aromatic rings. The number of aliphatic hydroxyl groups excluding tert-OH is 1. The molecule has 0 amide bonds. The van der Waals surface area contributed by atoms with E-state index in [-0.39, 0.29) is 6.10 Å². The van der Waals surface area contributed by atoms with E-state index in [2.05, 4.69) is 33.8 Å². The van der Waals surface area contributed by atoms with Gasteiger partial charge in [0.2, 0.25) is 0 Å². The minimum atomic E-state index is -0.243. The Hall–Kier alpha value is -1.06. The van der Waals surface area contributed by atoms with Gasteiger partial charge in [-0.3, -0.25) is 0 Å². The molecule has 3 rings (SSSR count). The molecule has 0 aromatic carbocycles. The quantitative estimate of drug-likeness (QED) is 0.847. The summed E-state index contributed by atoms with van der Waals surface area (Å²) in [6.07, 6.45) is 7.19. The second-order valence-electron chi connectivity index (χ2n) is 4.45. The van der Waals surface area contributed by atoms with Crippen LogP contribution in [0.3, 0.4) is 0 Å². The fourth-order valence-electron chi connectivity index (χ4n) is 2.41. The van der Waals surface area contributed by atoms with E-state index < -0.39 is 0 Å². The van der Waals surface area contributed by atoms with E-state index in [0.29, 0.717) is 0 Å². The van der Waals surface area contributed by atoms with E-state index in [4.69, 9.17) is 0 Å². The SMILES string of the molecule is OC1CCCc2cn(Cc3ccsc3)cc21. The highest BCUT2D eigenvalue weighted by molar-refractivity contribution is 7.07. The molecule has 84 valence electrons. The Kier molecular flexibility index (Phi) is 2.58. The summed E-state index contributed by atoms with van der Waals surface area (Å²) in [6.45, 7) is 0.920. The van der Waals surface area contributed by atoms with Gasteiger partial charge in [-0.1, -0.05) is 0 Å². The normalized spacial score (nSPS) is 19.7. The number of aryl methyl sites for hydroxylation is 1. The number of rotatable bonds is 2. The number of aromatic nitrogens is 1. The standard InChI is InChI=1S/C13H15NOS/c15-13-3-1-2-11-7-14(8-12(11)13)6-10-4-5-16-9-10/h4-5,7-9,13,15H,1-3,6H2. The fourth-order valence-corrected chi connectivity index (χ4v) is 3.07. The maximum atomic E-state index is 9.89. The minimum Gasteiger partial charge on any atom is -0.388 e. The van der Waals surface area contributed by atoms with Gasteiger partial charge in [-0.2, -0.15) is 11.3 Å². The van der Waals surface area contributed by atoms with Gasteiger partial charge >= 0.3 is 0 Å². The van der Waals surface area contributed by atoms with E-state index in [0.717, 1.165) is 31.4 Å². The molecule has 1 unspecified atom stereocenters. The van der Waals surface area contributed by atoms with Gasteiger partial charge in [-0.05, 0) is 47.2 Å². The van der Waals surface area contributed by atoms with Gasteiger partial charge in [-0.25, -0.2) is 0 Å². The number of hydrogen-bond acceptors (Lipinski definition) is 2. The third-order valence-electron chi connectivity index (χ3n) is 3.23. The second-order valence-corrected chi connectivity index (χ2v) is 5.23. The van der Waals surface area contributed by atoms with Gasteiger partial charge < -0.3 is 9.67 Å². The van der Waals surface area contributed by atoms with Crippen LogP contribution in [0.15, 0.2) is 29.2 Å². The molecule has 16 heavy (non-hydrogen) atoms. The van der Waals surface area contributed by atoms with Gasteiger partial charge in [0, 0.05) is 24.5 Å². The smallest absolute Gasteiger partial charge is 0.0807 e. The van der Waals surface area contributed by atoms with Crippen molar-refractivity contribution < 1.29 is 5.11 Å². The molecule has 2 nitrogen and oxygen atoms in total. The van der Waals surface area contributed by atoms with E-state index in [1.165, 1.54) is 11.1 Å². The van der Waals surface area contributed by atoms with E-state index in [9.17, 15) is 5.11 Å². The summed E-state index contributed by atoms with van der Waals surface area (Å²) in [5, 5.41) is 14.2. The van der Waals surface area contributed by atoms with Crippen LogP contribution in [0.4, 0.5) is 0 Å². The highest BCUT2D eigenvalue weighted by Gasteiger charge is 2.19. The number of nitrogens with zero attached hydrogens (tertiary/aromatic N) is 1. The number of aliphatic hydroxyl groups is 1. The first-order valence-electron chi connectivity index (χ1n) is 5.70. The first kappa shape index (κ1) is 10.1. The van der Waals surface area contributed by atoms with Crippen LogP contribution in [-0.2, 0) is 13.0 Å². The summed E-state index contributed by atoms with van der Waals surface area (Å²) in [4.78, 5) is 0. The molecule has 1 aliphatic rings. The molecule has 3 heteroatoms. The average Bonchev–Trinajstić information content (AvgIpc) is 2.88. The molecule has 2 aromatic heterocycles. The molecule has 0 bridgehead atoms. The molecular formula is C13H15NOS. The van der Waals surface area contributed by atoms with Crippen molar-refractivity contribution in [2.75, 3.05) is 0 Å². The third kappa shape index (κ3) is 1.81. The number of thiophene rings is 1. The molecule has 1 atom stereocenters. The molecule has 0 spiro atoms. The summed E-state index contributed by atoms with van der Waals surface area (Å²) < 4.78 is 2.20. The maximum absolute atomic E-state index is 9.89. The molecular weight excluding hydrogens is 218 g/mol. The zero-order valence-corrected chi connectivity index (χ0v) is 9.91. The van der Waals surface area contributed by atoms with Crippen molar-refractivity contribution in [3.05, 3.63) is 45.9 Å². The third-order valence-corrected chi connectivity index (χ3v) is 3.96. The molecule has 0 radical (unpaired) electrons. The molecule has 2 heterocycles. The van der Waals surface area contributed by atoms with Crippen LogP contribution >= 0.6 is 11.3 Å². The lowest BCUT2D eigenvalue weighted by atomic mass is 9.93. The van der Waals surface area contributed by atoms with Crippen LogP contribution < -0.4 is 0 Å². The van der Waals surface area contributed by atoms with Gasteiger partial charge in [0.05, 0.1) is 6.10 Å². The second kappa shape index (κ2) is 4.07. The molecule has 0 saturated carbocycles. The van der Waals surface area contributed by atoms with Crippen molar-refractivity contribution in [3.63, 3.8) is 0 Å². The summed E-state index contributed by atoms with van der Waals surface area (Å²) in [7, 11) is 0. The average molecular weight is 233 g/mol. The molecule has 0 saturated heterocycles. The van der Waals surface area contributed by atoms with Gasteiger partial charge in [0.1, 0.15) is 0 Å². The summed E-state index contributed by atoms with van der Waals surface area (Å²) in [6, 6.07) is 2.15. The van der Waals surface area contributed by atoms with Crippen LogP contribution in [0.1, 0.15) is 35.6 Å². The Morgan fingerprint density at radius 3 is 3.12 bits per heavy atom. The molecule has 0 fully saturated rings. The van der Waals surface area contributed by atoms with Crippen molar-refractivity contribution >= 4 is 11.3 Å². The number of fused-ring (bicyclic) bond motifs is 1. The van der Waals surface area contributed by atoms with Crippen molar-refractivity contribution in [1.82, 2.24) is 4.57 Å². The Morgan fingerprint density at radius 2 is 2.38 bits per heavy atom. The molecule has 1 N–H and O–H groups in total. The fraction of sp³-hybridized carbons (Fsp3) is 0.385.